The minimum absolute atomic E-state index is 0.267. The molecule has 1 aliphatic heterocycles. The minimum Gasteiger partial charge on any atom is -0.508 e. The number of phenolic OH excluding ortho intramolecular Hbond substituents is 1. The molecule has 0 amide bonds. The van der Waals surface area contributed by atoms with Crippen LogP contribution >= 0.6 is 11.8 Å². The highest BCUT2D eigenvalue weighted by Gasteiger charge is 2.23. The highest BCUT2D eigenvalue weighted by Crippen LogP contribution is 2.30. The fraction of sp³-hybridized carbons (Fsp3) is 0.400. The van der Waals surface area contributed by atoms with Crippen LogP contribution in [0, 0.1) is 0 Å². The van der Waals surface area contributed by atoms with Gasteiger partial charge in [0.1, 0.15) is 5.75 Å². The standard InChI is InChI=1S/C20H25NO2S/c22-17-6-8-19(9-7-17)24-20-11-13-21(15-20)12-10-18(23)14-16-4-2-1-3-5-16/h1-9,18,20,22-23H,10-15H2. The first-order chi connectivity index (χ1) is 11.7. The molecule has 0 bridgehead atoms. The molecule has 3 rings (SSSR count). The highest BCUT2D eigenvalue weighted by molar-refractivity contribution is 8.00. The lowest BCUT2D eigenvalue weighted by atomic mass is 10.1. The molecule has 2 aromatic rings. The van der Waals surface area contributed by atoms with E-state index >= 15 is 0 Å². The first kappa shape index (κ1) is 17.3. The summed E-state index contributed by atoms with van der Waals surface area (Å²) in [7, 11) is 0. The number of aliphatic hydroxyl groups excluding tert-OH is 1. The molecule has 24 heavy (non-hydrogen) atoms. The van der Waals surface area contributed by atoms with Gasteiger partial charge in [0.15, 0.2) is 0 Å². The minimum atomic E-state index is -0.267. The second kappa shape index (κ2) is 8.56. The maximum Gasteiger partial charge on any atom is 0.115 e. The van der Waals surface area contributed by atoms with Gasteiger partial charge in [-0.05, 0) is 55.6 Å². The molecule has 1 fully saturated rings. The summed E-state index contributed by atoms with van der Waals surface area (Å²) in [4.78, 5) is 3.66. The zero-order chi connectivity index (χ0) is 16.8. The summed E-state index contributed by atoms with van der Waals surface area (Å²) in [5, 5.41) is 20.2. The zero-order valence-electron chi connectivity index (χ0n) is 13.8. The van der Waals surface area contributed by atoms with Gasteiger partial charge in [0.05, 0.1) is 6.10 Å². The second-order valence-corrected chi connectivity index (χ2v) is 7.83. The molecular formula is C20H25NO2S. The second-order valence-electron chi connectivity index (χ2n) is 6.46. The zero-order valence-corrected chi connectivity index (χ0v) is 14.7. The van der Waals surface area contributed by atoms with E-state index in [0.717, 1.165) is 32.5 Å². The Labute approximate surface area is 148 Å². The van der Waals surface area contributed by atoms with Gasteiger partial charge in [-0.2, -0.15) is 0 Å². The molecule has 2 N–H and O–H groups in total. The molecule has 0 saturated carbocycles. The molecule has 1 saturated heterocycles. The lowest BCUT2D eigenvalue weighted by Gasteiger charge is -2.18. The van der Waals surface area contributed by atoms with Crippen LogP contribution in [-0.2, 0) is 6.42 Å². The van der Waals surface area contributed by atoms with E-state index < -0.39 is 0 Å². The molecule has 1 heterocycles. The van der Waals surface area contributed by atoms with Crippen molar-refractivity contribution in [2.75, 3.05) is 19.6 Å². The van der Waals surface area contributed by atoms with E-state index in [0.29, 0.717) is 11.0 Å². The number of hydrogen-bond donors (Lipinski definition) is 2. The Morgan fingerprint density at radius 1 is 1.08 bits per heavy atom. The van der Waals surface area contributed by atoms with Crippen molar-refractivity contribution < 1.29 is 10.2 Å². The summed E-state index contributed by atoms with van der Waals surface area (Å²) in [6.07, 6.45) is 2.47. The van der Waals surface area contributed by atoms with E-state index in [9.17, 15) is 10.2 Å². The Kier molecular flexibility index (Phi) is 6.18. The van der Waals surface area contributed by atoms with Crippen molar-refractivity contribution in [2.24, 2.45) is 0 Å². The summed E-state index contributed by atoms with van der Waals surface area (Å²) in [6, 6.07) is 17.6. The van der Waals surface area contributed by atoms with Gasteiger partial charge in [-0.25, -0.2) is 0 Å². The highest BCUT2D eigenvalue weighted by atomic mass is 32.2. The first-order valence-corrected chi connectivity index (χ1v) is 9.47. The average Bonchev–Trinajstić information content (AvgIpc) is 3.04. The maximum atomic E-state index is 10.2. The van der Waals surface area contributed by atoms with Crippen molar-refractivity contribution in [3.8, 4) is 5.75 Å². The van der Waals surface area contributed by atoms with Crippen molar-refractivity contribution in [3.05, 3.63) is 60.2 Å². The van der Waals surface area contributed by atoms with Gasteiger partial charge in [-0.15, -0.1) is 11.8 Å². The van der Waals surface area contributed by atoms with E-state index in [1.807, 2.05) is 42.1 Å². The summed E-state index contributed by atoms with van der Waals surface area (Å²) < 4.78 is 0. The van der Waals surface area contributed by atoms with Gasteiger partial charge in [0, 0.05) is 23.2 Å². The molecule has 4 heteroatoms. The number of rotatable bonds is 7. The van der Waals surface area contributed by atoms with Crippen molar-refractivity contribution >= 4 is 11.8 Å². The molecule has 0 radical (unpaired) electrons. The van der Waals surface area contributed by atoms with Crippen molar-refractivity contribution in [3.63, 3.8) is 0 Å². The number of benzene rings is 2. The van der Waals surface area contributed by atoms with Crippen LogP contribution in [0.1, 0.15) is 18.4 Å². The Bertz CT molecular complexity index is 617. The number of aliphatic hydroxyl groups is 1. The van der Waals surface area contributed by atoms with Gasteiger partial charge in [-0.1, -0.05) is 30.3 Å². The van der Waals surface area contributed by atoms with Gasteiger partial charge in [0.2, 0.25) is 0 Å². The number of hydrogen-bond acceptors (Lipinski definition) is 4. The van der Waals surface area contributed by atoms with E-state index in [-0.39, 0.29) is 6.10 Å². The SMILES string of the molecule is Oc1ccc(SC2CCN(CCC(O)Cc3ccccc3)C2)cc1. The van der Waals surface area contributed by atoms with Crippen LogP contribution in [0.25, 0.3) is 0 Å². The van der Waals surface area contributed by atoms with Crippen molar-refractivity contribution in [1.82, 2.24) is 4.90 Å². The van der Waals surface area contributed by atoms with E-state index in [2.05, 4.69) is 17.0 Å². The summed E-state index contributed by atoms with van der Waals surface area (Å²) in [6.45, 7) is 3.14. The average molecular weight is 343 g/mol. The smallest absolute Gasteiger partial charge is 0.115 e. The predicted octanol–water partition coefficient (Wildman–Crippen LogP) is 3.55. The lowest BCUT2D eigenvalue weighted by Crippen LogP contribution is -2.26. The van der Waals surface area contributed by atoms with Gasteiger partial charge in [-0.3, -0.25) is 0 Å². The van der Waals surface area contributed by atoms with E-state index in [4.69, 9.17) is 0 Å². The molecule has 1 aliphatic rings. The molecular weight excluding hydrogens is 318 g/mol. The van der Waals surface area contributed by atoms with Crippen LogP contribution < -0.4 is 0 Å². The molecule has 0 aliphatic carbocycles. The van der Waals surface area contributed by atoms with Gasteiger partial charge >= 0.3 is 0 Å². The topological polar surface area (TPSA) is 43.7 Å². The molecule has 2 atom stereocenters. The summed E-state index contributed by atoms with van der Waals surface area (Å²) >= 11 is 1.89. The van der Waals surface area contributed by atoms with E-state index in [1.54, 1.807) is 12.1 Å². The number of likely N-dealkylation sites (tertiary alicyclic amines) is 1. The van der Waals surface area contributed by atoms with Crippen molar-refractivity contribution in [2.45, 2.75) is 35.5 Å². The largest absolute Gasteiger partial charge is 0.508 e. The number of aromatic hydroxyl groups is 1. The Morgan fingerprint density at radius 2 is 1.83 bits per heavy atom. The molecule has 3 nitrogen and oxygen atoms in total. The monoisotopic (exact) mass is 343 g/mol. The fourth-order valence-electron chi connectivity index (χ4n) is 3.13. The third-order valence-electron chi connectivity index (χ3n) is 4.46. The summed E-state index contributed by atoms with van der Waals surface area (Å²) in [5.41, 5.74) is 1.20. The quantitative estimate of drug-likeness (QED) is 0.807. The number of thioether (sulfide) groups is 1. The summed E-state index contributed by atoms with van der Waals surface area (Å²) in [5.74, 6) is 0.319. The third kappa shape index (κ3) is 5.26. The maximum absolute atomic E-state index is 10.2. The van der Waals surface area contributed by atoms with Crippen LogP contribution in [-0.4, -0.2) is 46.1 Å². The van der Waals surface area contributed by atoms with Crippen LogP contribution in [0.3, 0.4) is 0 Å². The van der Waals surface area contributed by atoms with Gasteiger partial charge < -0.3 is 15.1 Å². The molecule has 2 aromatic carbocycles. The van der Waals surface area contributed by atoms with Crippen molar-refractivity contribution in [1.29, 1.82) is 0 Å². The Morgan fingerprint density at radius 3 is 2.58 bits per heavy atom. The number of nitrogens with zero attached hydrogens (tertiary/aromatic N) is 1. The normalized spacial score (nSPS) is 19.5. The van der Waals surface area contributed by atoms with Crippen LogP contribution in [0.5, 0.6) is 5.75 Å². The van der Waals surface area contributed by atoms with E-state index in [1.165, 1.54) is 16.9 Å². The molecule has 0 aromatic heterocycles. The third-order valence-corrected chi connectivity index (χ3v) is 5.72. The number of phenols is 1. The predicted molar refractivity (Wildman–Crippen MR) is 99.6 cm³/mol. The molecule has 0 spiro atoms. The first-order valence-electron chi connectivity index (χ1n) is 8.59. The van der Waals surface area contributed by atoms with Crippen LogP contribution in [0.15, 0.2) is 59.5 Å². The Hall–Kier alpha value is -1.49. The van der Waals surface area contributed by atoms with Crippen LogP contribution in [0.4, 0.5) is 0 Å². The Balaban J connectivity index is 1.39. The fourth-order valence-corrected chi connectivity index (χ4v) is 4.32. The molecule has 2 unspecified atom stereocenters. The van der Waals surface area contributed by atoms with Crippen LogP contribution in [0.2, 0.25) is 0 Å². The molecule has 128 valence electrons. The van der Waals surface area contributed by atoms with Gasteiger partial charge in [0.25, 0.3) is 0 Å². The lowest BCUT2D eigenvalue weighted by molar-refractivity contribution is 0.147.